The summed E-state index contributed by atoms with van der Waals surface area (Å²) in [5, 5.41) is 80.1. The highest BCUT2D eigenvalue weighted by Gasteiger charge is 2.55. The van der Waals surface area contributed by atoms with E-state index in [1.807, 2.05) is 0 Å². The van der Waals surface area contributed by atoms with Crippen LogP contribution in [0.3, 0.4) is 0 Å². The molecule has 1 aliphatic carbocycles. The topological polar surface area (TPSA) is 395 Å². The maximum absolute atomic E-state index is 14.1. The van der Waals surface area contributed by atoms with Gasteiger partial charge in [-0.05, 0) is 18.4 Å². The molecule has 1 aromatic carbocycles. The first-order valence-corrected chi connectivity index (χ1v) is 19.3. The Labute approximate surface area is 342 Å². The van der Waals surface area contributed by atoms with E-state index in [0.717, 1.165) is 0 Å². The quantitative estimate of drug-likeness (QED) is 0.0734. The monoisotopic (exact) mass is 869 g/mol. The number of benzene rings is 1. The van der Waals surface area contributed by atoms with E-state index in [2.05, 4.69) is 10.6 Å². The molecule has 60 heavy (non-hydrogen) atoms. The molecule has 1 saturated carbocycles. The van der Waals surface area contributed by atoms with Crippen LogP contribution in [0.15, 0.2) is 30.3 Å². The molecule has 4 aliphatic rings. The Morgan fingerprint density at radius 1 is 0.767 bits per heavy atom. The van der Waals surface area contributed by atoms with Gasteiger partial charge in [-0.2, -0.15) is 0 Å². The van der Waals surface area contributed by atoms with Gasteiger partial charge < -0.3 is 108 Å². The summed E-state index contributed by atoms with van der Waals surface area (Å²) in [6, 6.07) is 3.36. The Morgan fingerprint density at radius 3 is 2.02 bits per heavy atom. The Bertz CT molecular complexity index is 1540. The molecular weight excluding hydrogens is 812 g/mol. The number of aliphatic hydroxyl groups is 7. The predicted molar refractivity (Wildman–Crippen MR) is 197 cm³/mol. The summed E-state index contributed by atoms with van der Waals surface area (Å²) in [6.07, 6.45) is -25.8. The molecular formula is C35H57F2N7O16. The number of halogens is 2. The number of amides is 2. The van der Waals surface area contributed by atoms with Crippen LogP contribution in [0, 0.1) is 0 Å². The van der Waals surface area contributed by atoms with Gasteiger partial charge in [-0.1, -0.05) is 30.3 Å². The summed E-state index contributed by atoms with van der Waals surface area (Å²) in [6.45, 7) is -2.86. The number of alkyl carbamates (subject to hydrolysis) is 1. The Balaban J connectivity index is 1.37. The highest BCUT2D eigenvalue weighted by molar-refractivity contribution is 5.82. The van der Waals surface area contributed by atoms with Crippen molar-refractivity contribution in [1.82, 2.24) is 10.6 Å². The number of carbonyl (C=O) groups is 2. The lowest BCUT2D eigenvalue weighted by Gasteiger charge is -2.47. The average Bonchev–Trinajstić information content (AvgIpc) is 3.53. The molecule has 23 nitrogen and oxygen atoms in total. The number of ether oxygens (including phenoxy) is 7. The van der Waals surface area contributed by atoms with Crippen molar-refractivity contribution in [2.75, 3.05) is 26.2 Å². The van der Waals surface area contributed by atoms with Crippen LogP contribution in [-0.4, -0.2) is 196 Å². The molecule has 1 aromatic rings. The van der Waals surface area contributed by atoms with Gasteiger partial charge in [0, 0.05) is 19.1 Å². The molecule has 5 rings (SSSR count). The molecule has 3 saturated heterocycles. The zero-order valence-corrected chi connectivity index (χ0v) is 32.3. The maximum atomic E-state index is 14.1. The van der Waals surface area contributed by atoms with Gasteiger partial charge in [0.05, 0.1) is 37.4 Å². The fourth-order valence-electron chi connectivity index (χ4n) is 7.42. The van der Waals surface area contributed by atoms with Crippen molar-refractivity contribution in [2.24, 2.45) is 28.7 Å². The number of alkyl halides is 2. The third-order valence-corrected chi connectivity index (χ3v) is 10.9. The zero-order valence-electron chi connectivity index (χ0n) is 32.3. The fourth-order valence-corrected chi connectivity index (χ4v) is 7.42. The summed E-state index contributed by atoms with van der Waals surface area (Å²) in [4.78, 5) is 25.6. The molecule has 2 amide bonds. The Hall–Kier alpha value is -2.90. The molecule has 3 heterocycles. The smallest absolute Gasteiger partial charge is 0.407 e. The molecule has 0 spiro atoms. The number of carbonyl (C=O) groups excluding carboxylic acids is 2. The fraction of sp³-hybridized carbons (Fsp3) is 0.771. The largest absolute Gasteiger partial charge is 0.445 e. The lowest BCUT2D eigenvalue weighted by Crippen LogP contribution is -2.68. The normalized spacial score (nSPS) is 40.4. The number of nitrogens with one attached hydrogen (secondary N) is 2. The average molecular weight is 870 g/mol. The zero-order chi connectivity index (χ0) is 44.1. The van der Waals surface area contributed by atoms with Crippen molar-refractivity contribution < 1.29 is 87.3 Å². The van der Waals surface area contributed by atoms with E-state index in [1.165, 1.54) is 0 Å². The standard InChI is InChI=1S/C35H57F2N7O16/c36-35(37,12-40)29(51)30(52)43-16-6-14(41)26(58-31-15(42)7-17(46)18(8-38)55-31)28(22(16)47)60-33-25(50)27(20(10-45)57-33)59-32-21(24(49)23(48)19(9-39)56-32)44-34(53)54-11-13-4-2-1-3-5-13/h1-5,14-29,31-33,45-51H,6-12,38-42H2,(H,43,52)(H,44,53)/t14-,15+,16+,17-,18+,19-,20+,21+,22-,23+,24+,25+,26+,27+,28+,29+,31+,32+,33-/m0/s1. The summed E-state index contributed by atoms with van der Waals surface area (Å²) >= 11 is 0. The van der Waals surface area contributed by atoms with Crippen LogP contribution in [0.2, 0.25) is 0 Å². The molecule has 4 fully saturated rings. The van der Waals surface area contributed by atoms with E-state index in [0.29, 0.717) is 5.56 Å². The van der Waals surface area contributed by atoms with Crippen LogP contribution in [0.5, 0.6) is 0 Å². The van der Waals surface area contributed by atoms with E-state index in [1.54, 1.807) is 30.3 Å². The van der Waals surface area contributed by atoms with Crippen molar-refractivity contribution in [3.8, 4) is 0 Å². The van der Waals surface area contributed by atoms with Crippen LogP contribution >= 0.6 is 0 Å². The van der Waals surface area contributed by atoms with E-state index < -0.39 is 147 Å². The van der Waals surface area contributed by atoms with Gasteiger partial charge in [0.25, 0.3) is 11.8 Å². The van der Waals surface area contributed by atoms with Gasteiger partial charge in [-0.3, -0.25) is 4.79 Å². The summed E-state index contributed by atoms with van der Waals surface area (Å²) in [5.74, 6) is -5.65. The SMILES string of the molecule is NC[C@@H]1O[C@H](O[C@H]2[C@@H](O)[C@H](O[C@@H]3[C@@H](O)[C@H](NC(=O)[C@@H](O)C(F)(F)CN)C[C@H](N)[C@H]3O[C@H]3O[C@H](CN)[C@@H](O)C[C@H]3N)O[C@@H]2CO)[C@H](NC(=O)OCc2ccccc2)[C@@H](O)[C@@H]1O. The first kappa shape index (κ1) is 48.1. The van der Waals surface area contributed by atoms with E-state index >= 15 is 0 Å². The van der Waals surface area contributed by atoms with Gasteiger partial charge in [0.2, 0.25) is 0 Å². The first-order chi connectivity index (χ1) is 28.4. The lowest BCUT2D eigenvalue weighted by atomic mass is 9.83. The number of hydrogen-bond donors (Lipinski definition) is 14. The minimum absolute atomic E-state index is 0.0310. The second-order valence-electron chi connectivity index (χ2n) is 15.1. The van der Waals surface area contributed by atoms with Crippen LogP contribution < -0.4 is 39.3 Å². The molecule has 342 valence electrons. The minimum atomic E-state index is -4.04. The second kappa shape index (κ2) is 21.0. The highest BCUT2D eigenvalue weighted by Crippen LogP contribution is 2.35. The van der Waals surface area contributed by atoms with Gasteiger partial charge in [-0.25, -0.2) is 13.6 Å². The van der Waals surface area contributed by atoms with Crippen molar-refractivity contribution >= 4 is 12.0 Å². The molecule has 0 bridgehead atoms. The second-order valence-corrected chi connectivity index (χ2v) is 15.1. The number of nitrogens with two attached hydrogens (primary N) is 5. The van der Waals surface area contributed by atoms with Gasteiger partial charge in [-0.15, -0.1) is 0 Å². The Morgan fingerprint density at radius 2 is 1.38 bits per heavy atom. The van der Waals surface area contributed by atoms with Gasteiger partial charge in [0.1, 0.15) is 67.6 Å². The molecule has 19 atom stereocenters. The number of rotatable bonds is 16. The van der Waals surface area contributed by atoms with Gasteiger partial charge in [0.15, 0.2) is 25.0 Å². The van der Waals surface area contributed by atoms with Crippen molar-refractivity contribution in [3.05, 3.63) is 35.9 Å². The van der Waals surface area contributed by atoms with E-state index in [-0.39, 0.29) is 32.5 Å². The predicted octanol–water partition coefficient (Wildman–Crippen LogP) is -6.79. The molecule has 0 radical (unpaired) electrons. The number of aliphatic hydroxyl groups excluding tert-OH is 7. The molecule has 0 unspecified atom stereocenters. The van der Waals surface area contributed by atoms with Gasteiger partial charge >= 0.3 is 6.09 Å². The maximum Gasteiger partial charge on any atom is 0.407 e. The van der Waals surface area contributed by atoms with Crippen molar-refractivity contribution in [2.45, 2.75) is 142 Å². The summed E-state index contributed by atoms with van der Waals surface area (Å²) in [5.41, 5.74) is 29.8. The third kappa shape index (κ3) is 11.0. The first-order valence-electron chi connectivity index (χ1n) is 19.3. The minimum Gasteiger partial charge on any atom is -0.445 e. The van der Waals surface area contributed by atoms with E-state index in [4.69, 9.17) is 61.8 Å². The van der Waals surface area contributed by atoms with Crippen LogP contribution in [-0.2, 0) is 44.6 Å². The molecule has 3 aliphatic heterocycles. The third-order valence-electron chi connectivity index (χ3n) is 10.9. The number of hydrogen-bond acceptors (Lipinski definition) is 21. The van der Waals surface area contributed by atoms with Crippen LogP contribution in [0.25, 0.3) is 0 Å². The van der Waals surface area contributed by atoms with E-state index in [9.17, 15) is 54.1 Å². The molecule has 25 heteroatoms. The highest BCUT2D eigenvalue weighted by atomic mass is 19.3. The van der Waals surface area contributed by atoms with Crippen molar-refractivity contribution in [1.29, 1.82) is 0 Å². The molecule has 0 aromatic heterocycles. The molecule has 19 N–H and O–H groups in total. The summed E-state index contributed by atoms with van der Waals surface area (Å²) in [7, 11) is 0. The van der Waals surface area contributed by atoms with Crippen molar-refractivity contribution in [3.63, 3.8) is 0 Å². The van der Waals surface area contributed by atoms with Crippen LogP contribution in [0.4, 0.5) is 13.6 Å². The lowest BCUT2D eigenvalue weighted by molar-refractivity contribution is -0.296. The Kier molecular flexibility index (Phi) is 16.8. The summed E-state index contributed by atoms with van der Waals surface area (Å²) < 4.78 is 69.0. The van der Waals surface area contributed by atoms with Crippen LogP contribution in [0.1, 0.15) is 18.4 Å².